The van der Waals surface area contributed by atoms with E-state index in [1.54, 1.807) is 4.68 Å². The summed E-state index contributed by atoms with van der Waals surface area (Å²) in [6.07, 6.45) is 0. The molecule has 0 bridgehead atoms. The quantitative estimate of drug-likeness (QED) is 0.681. The molecule has 2 aromatic carbocycles. The Hall–Kier alpha value is -2.53. The first-order valence-electron chi connectivity index (χ1n) is 7.74. The summed E-state index contributed by atoms with van der Waals surface area (Å²) in [7, 11) is 0. The number of aryl methyl sites for hydroxylation is 1. The fourth-order valence-corrected chi connectivity index (χ4v) is 2.93. The van der Waals surface area contributed by atoms with Crippen molar-refractivity contribution in [3.8, 4) is 28.4 Å². The Morgan fingerprint density at radius 3 is 2.54 bits per heavy atom. The molecule has 4 rings (SSSR count). The summed E-state index contributed by atoms with van der Waals surface area (Å²) in [6.45, 7) is 3.18. The van der Waals surface area contributed by atoms with Crippen LogP contribution in [-0.4, -0.2) is 28.2 Å². The Labute approximate surface area is 144 Å². The first-order valence-corrected chi connectivity index (χ1v) is 8.27. The predicted octanol–water partition coefficient (Wildman–Crippen LogP) is 3.75. The SMILES string of the molecule is Cc1ccc(-c2c(CCl)nnn2-c2ccc3c(c2)OCCO3)cc1. The molecule has 0 amide bonds. The van der Waals surface area contributed by atoms with Gasteiger partial charge in [0.25, 0.3) is 0 Å². The molecule has 0 saturated carbocycles. The molecule has 0 N–H and O–H groups in total. The summed E-state index contributed by atoms with van der Waals surface area (Å²) >= 11 is 6.07. The molecule has 0 aliphatic carbocycles. The molecule has 0 radical (unpaired) electrons. The molecule has 2 heterocycles. The molecule has 6 heteroatoms. The van der Waals surface area contributed by atoms with E-state index in [0.29, 0.717) is 19.1 Å². The van der Waals surface area contributed by atoms with Gasteiger partial charge in [0.1, 0.15) is 18.9 Å². The van der Waals surface area contributed by atoms with E-state index in [2.05, 4.69) is 41.5 Å². The average molecular weight is 342 g/mol. The van der Waals surface area contributed by atoms with Crippen LogP contribution >= 0.6 is 11.6 Å². The summed E-state index contributed by atoms with van der Waals surface area (Å²) in [4.78, 5) is 0. The highest BCUT2D eigenvalue weighted by atomic mass is 35.5. The van der Waals surface area contributed by atoms with Gasteiger partial charge in [-0.15, -0.1) is 16.7 Å². The third kappa shape index (κ3) is 2.61. The maximum atomic E-state index is 6.07. The lowest BCUT2D eigenvalue weighted by molar-refractivity contribution is 0.171. The van der Waals surface area contributed by atoms with Crippen LogP contribution < -0.4 is 9.47 Å². The highest BCUT2D eigenvalue weighted by molar-refractivity contribution is 6.17. The summed E-state index contributed by atoms with van der Waals surface area (Å²) in [6, 6.07) is 14.0. The summed E-state index contributed by atoms with van der Waals surface area (Å²) in [5.41, 5.74) is 4.72. The van der Waals surface area contributed by atoms with Crippen molar-refractivity contribution >= 4 is 11.6 Å². The van der Waals surface area contributed by atoms with Crippen LogP contribution in [0.2, 0.25) is 0 Å². The Kier molecular flexibility index (Phi) is 3.86. The highest BCUT2D eigenvalue weighted by Gasteiger charge is 2.18. The lowest BCUT2D eigenvalue weighted by Crippen LogP contribution is -2.15. The van der Waals surface area contributed by atoms with Crippen molar-refractivity contribution < 1.29 is 9.47 Å². The van der Waals surface area contributed by atoms with E-state index in [1.165, 1.54) is 5.56 Å². The van der Waals surface area contributed by atoms with Gasteiger partial charge in [0, 0.05) is 11.6 Å². The fourth-order valence-electron chi connectivity index (χ4n) is 2.75. The maximum absolute atomic E-state index is 6.07. The lowest BCUT2D eigenvalue weighted by Gasteiger charge is -2.19. The van der Waals surface area contributed by atoms with Gasteiger partial charge in [-0.05, 0) is 19.1 Å². The largest absolute Gasteiger partial charge is 0.486 e. The molecule has 1 aromatic heterocycles. The number of hydrogen-bond donors (Lipinski definition) is 0. The van der Waals surface area contributed by atoms with Crippen molar-refractivity contribution in [1.82, 2.24) is 15.0 Å². The van der Waals surface area contributed by atoms with Crippen molar-refractivity contribution in [3.63, 3.8) is 0 Å². The number of rotatable bonds is 3. The molecule has 24 heavy (non-hydrogen) atoms. The molecular weight excluding hydrogens is 326 g/mol. The van der Waals surface area contributed by atoms with Gasteiger partial charge in [-0.2, -0.15) is 0 Å². The van der Waals surface area contributed by atoms with E-state index in [9.17, 15) is 0 Å². The van der Waals surface area contributed by atoms with Gasteiger partial charge >= 0.3 is 0 Å². The Morgan fingerprint density at radius 2 is 1.79 bits per heavy atom. The third-order valence-electron chi connectivity index (χ3n) is 3.96. The van der Waals surface area contributed by atoms with Crippen LogP contribution in [0, 0.1) is 6.92 Å². The normalized spacial score (nSPS) is 13.1. The number of nitrogens with zero attached hydrogens (tertiary/aromatic N) is 3. The Balaban J connectivity index is 1.84. The van der Waals surface area contributed by atoms with Gasteiger partial charge in [0.15, 0.2) is 11.5 Å². The monoisotopic (exact) mass is 341 g/mol. The first kappa shape index (κ1) is 15.0. The van der Waals surface area contributed by atoms with Crippen LogP contribution in [0.4, 0.5) is 0 Å². The topological polar surface area (TPSA) is 49.2 Å². The van der Waals surface area contributed by atoms with E-state index in [1.807, 2.05) is 18.2 Å². The fraction of sp³-hybridized carbons (Fsp3) is 0.222. The molecule has 3 aromatic rings. The van der Waals surface area contributed by atoms with Gasteiger partial charge in [0.05, 0.1) is 17.3 Å². The van der Waals surface area contributed by atoms with Crippen molar-refractivity contribution in [2.45, 2.75) is 12.8 Å². The minimum atomic E-state index is 0.299. The van der Waals surface area contributed by atoms with Crippen molar-refractivity contribution in [1.29, 1.82) is 0 Å². The van der Waals surface area contributed by atoms with Crippen LogP contribution in [0.3, 0.4) is 0 Å². The average Bonchev–Trinajstić information content (AvgIpc) is 3.06. The van der Waals surface area contributed by atoms with Crippen molar-refractivity contribution in [3.05, 3.63) is 53.7 Å². The maximum Gasteiger partial charge on any atom is 0.163 e. The Morgan fingerprint density at radius 1 is 1.04 bits per heavy atom. The van der Waals surface area contributed by atoms with E-state index >= 15 is 0 Å². The van der Waals surface area contributed by atoms with Crippen LogP contribution in [0.5, 0.6) is 11.5 Å². The smallest absolute Gasteiger partial charge is 0.163 e. The molecule has 1 aliphatic rings. The molecular formula is C18H16ClN3O2. The number of hydrogen-bond acceptors (Lipinski definition) is 4. The second-order valence-electron chi connectivity index (χ2n) is 5.62. The number of benzene rings is 2. The standard InChI is InChI=1S/C18H16ClN3O2/c1-12-2-4-13(5-3-12)18-15(11-19)20-21-22(18)14-6-7-16-17(10-14)24-9-8-23-16/h2-7,10H,8-9,11H2,1H3. The van der Waals surface area contributed by atoms with E-state index in [0.717, 1.165) is 34.1 Å². The zero-order valence-electron chi connectivity index (χ0n) is 13.2. The molecule has 5 nitrogen and oxygen atoms in total. The summed E-state index contributed by atoms with van der Waals surface area (Å²) in [5.74, 6) is 1.77. The molecule has 0 atom stereocenters. The number of alkyl halides is 1. The molecule has 0 spiro atoms. The second-order valence-corrected chi connectivity index (χ2v) is 5.89. The zero-order chi connectivity index (χ0) is 16.5. The predicted molar refractivity (Wildman–Crippen MR) is 92.1 cm³/mol. The van der Waals surface area contributed by atoms with Crippen LogP contribution in [0.1, 0.15) is 11.3 Å². The van der Waals surface area contributed by atoms with Crippen LogP contribution in [0.15, 0.2) is 42.5 Å². The number of aromatic nitrogens is 3. The van der Waals surface area contributed by atoms with Crippen molar-refractivity contribution in [2.75, 3.05) is 13.2 Å². The van der Waals surface area contributed by atoms with Crippen LogP contribution in [0.25, 0.3) is 16.9 Å². The van der Waals surface area contributed by atoms with E-state index < -0.39 is 0 Å². The first-order chi connectivity index (χ1) is 11.8. The highest BCUT2D eigenvalue weighted by Crippen LogP contribution is 2.34. The van der Waals surface area contributed by atoms with E-state index in [4.69, 9.17) is 21.1 Å². The summed E-state index contributed by atoms with van der Waals surface area (Å²) < 4.78 is 13.0. The van der Waals surface area contributed by atoms with Gasteiger partial charge < -0.3 is 9.47 Å². The lowest BCUT2D eigenvalue weighted by atomic mass is 10.1. The molecule has 0 unspecified atom stereocenters. The van der Waals surface area contributed by atoms with Crippen molar-refractivity contribution in [2.24, 2.45) is 0 Å². The number of halogens is 1. The van der Waals surface area contributed by atoms with Gasteiger partial charge in [0.2, 0.25) is 0 Å². The van der Waals surface area contributed by atoms with E-state index in [-0.39, 0.29) is 0 Å². The summed E-state index contributed by atoms with van der Waals surface area (Å²) in [5, 5.41) is 8.52. The molecule has 0 fully saturated rings. The zero-order valence-corrected chi connectivity index (χ0v) is 14.0. The minimum absolute atomic E-state index is 0.299. The Bertz CT molecular complexity index is 874. The third-order valence-corrected chi connectivity index (χ3v) is 4.22. The van der Waals surface area contributed by atoms with Gasteiger partial charge in [-0.1, -0.05) is 35.0 Å². The second kappa shape index (κ2) is 6.17. The van der Waals surface area contributed by atoms with Crippen LogP contribution in [-0.2, 0) is 5.88 Å². The molecule has 1 aliphatic heterocycles. The number of ether oxygens (including phenoxy) is 2. The minimum Gasteiger partial charge on any atom is -0.486 e. The number of fused-ring (bicyclic) bond motifs is 1. The van der Waals surface area contributed by atoms with Gasteiger partial charge in [-0.3, -0.25) is 0 Å². The molecule has 0 saturated heterocycles. The molecule has 122 valence electrons. The van der Waals surface area contributed by atoms with Gasteiger partial charge in [-0.25, -0.2) is 4.68 Å².